The van der Waals surface area contributed by atoms with E-state index in [4.69, 9.17) is 4.74 Å². The molecule has 0 aliphatic carbocycles. The summed E-state index contributed by atoms with van der Waals surface area (Å²) in [5.41, 5.74) is 1.03. The minimum absolute atomic E-state index is 0.290. The molecule has 0 aliphatic heterocycles. The van der Waals surface area contributed by atoms with Gasteiger partial charge in [0.1, 0.15) is 6.61 Å². The van der Waals surface area contributed by atoms with E-state index in [-0.39, 0.29) is 5.97 Å². The van der Waals surface area contributed by atoms with Gasteiger partial charge in [-0.25, -0.2) is 4.79 Å². The van der Waals surface area contributed by atoms with Crippen molar-refractivity contribution in [3.05, 3.63) is 54.1 Å². The molecular formula is C16H16O2S. The molecule has 19 heavy (non-hydrogen) atoms. The number of hydrogen-bond donors (Lipinski definition) is 0. The lowest BCUT2D eigenvalue weighted by Gasteiger charge is -2.02. The number of benzene rings is 2. The second-order valence-corrected chi connectivity index (χ2v) is 5.05. The van der Waals surface area contributed by atoms with Gasteiger partial charge in [0.05, 0.1) is 0 Å². The molecule has 98 valence electrons. The summed E-state index contributed by atoms with van der Waals surface area (Å²) in [4.78, 5) is 11.5. The molecule has 0 N–H and O–H groups in total. The first-order valence-corrected chi connectivity index (χ1v) is 7.52. The number of ether oxygens (including phenoxy) is 1. The third kappa shape index (κ3) is 3.86. The van der Waals surface area contributed by atoms with Crippen molar-refractivity contribution in [2.24, 2.45) is 0 Å². The van der Waals surface area contributed by atoms with Crippen LogP contribution in [-0.2, 0) is 9.53 Å². The van der Waals surface area contributed by atoms with Gasteiger partial charge in [-0.05, 0) is 28.7 Å². The largest absolute Gasteiger partial charge is 0.462 e. The predicted molar refractivity (Wildman–Crippen MR) is 82.3 cm³/mol. The highest BCUT2D eigenvalue weighted by Gasteiger charge is 1.99. The van der Waals surface area contributed by atoms with Crippen molar-refractivity contribution in [2.75, 3.05) is 18.6 Å². The third-order valence-corrected chi connectivity index (χ3v) is 3.33. The number of rotatable bonds is 5. The Kier molecular flexibility index (Phi) is 5.04. The highest BCUT2D eigenvalue weighted by Crippen LogP contribution is 2.19. The van der Waals surface area contributed by atoms with Crippen LogP contribution in [0.5, 0.6) is 0 Å². The number of fused-ring (bicyclic) bond motifs is 1. The first-order chi connectivity index (χ1) is 9.31. The lowest BCUT2D eigenvalue weighted by Crippen LogP contribution is -2.03. The molecule has 0 aliphatic rings. The predicted octanol–water partition coefficient (Wildman–Crippen LogP) is 3.76. The van der Waals surface area contributed by atoms with Crippen molar-refractivity contribution < 1.29 is 9.53 Å². The number of hydrogen-bond acceptors (Lipinski definition) is 3. The summed E-state index contributed by atoms with van der Waals surface area (Å²) in [6, 6.07) is 14.2. The van der Waals surface area contributed by atoms with Crippen LogP contribution in [-0.4, -0.2) is 24.6 Å². The highest BCUT2D eigenvalue weighted by molar-refractivity contribution is 7.98. The zero-order valence-corrected chi connectivity index (χ0v) is 11.7. The fourth-order valence-corrected chi connectivity index (χ4v) is 2.08. The molecule has 0 unspecified atom stereocenters. The maximum absolute atomic E-state index is 11.5. The van der Waals surface area contributed by atoms with Gasteiger partial charge in [-0.1, -0.05) is 42.5 Å². The Balaban J connectivity index is 2.10. The molecule has 2 nitrogen and oxygen atoms in total. The van der Waals surface area contributed by atoms with Gasteiger partial charge in [-0.3, -0.25) is 0 Å². The van der Waals surface area contributed by atoms with E-state index in [0.29, 0.717) is 6.61 Å². The summed E-state index contributed by atoms with van der Waals surface area (Å²) in [6.45, 7) is 0.458. The van der Waals surface area contributed by atoms with E-state index in [1.165, 1.54) is 11.5 Å². The topological polar surface area (TPSA) is 26.3 Å². The van der Waals surface area contributed by atoms with Crippen molar-refractivity contribution in [1.29, 1.82) is 0 Å². The Morgan fingerprint density at radius 2 is 2.00 bits per heavy atom. The van der Waals surface area contributed by atoms with E-state index in [1.54, 1.807) is 11.8 Å². The molecule has 0 atom stereocenters. The molecule has 0 amide bonds. The zero-order valence-electron chi connectivity index (χ0n) is 10.8. The monoisotopic (exact) mass is 272 g/mol. The molecule has 2 aromatic rings. The Hall–Kier alpha value is -1.74. The molecule has 0 bridgehead atoms. The van der Waals surface area contributed by atoms with E-state index in [0.717, 1.165) is 16.7 Å². The average molecular weight is 272 g/mol. The number of thioether (sulfide) groups is 1. The van der Waals surface area contributed by atoms with Gasteiger partial charge in [-0.15, -0.1) is 0 Å². The molecule has 0 heterocycles. The number of carbonyl (C=O) groups excluding carboxylic acids is 1. The van der Waals surface area contributed by atoms with Crippen LogP contribution < -0.4 is 0 Å². The molecule has 0 aromatic heterocycles. The number of esters is 1. The maximum Gasteiger partial charge on any atom is 0.330 e. The first-order valence-electron chi connectivity index (χ1n) is 6.13. The fourth-order valence-electron chi connectivity index (χ4n) is 1.83. The van der Waals surface area contributed by atoms with E-state index < -0.39 is 0 Å². The van der Waals surface area contributed by atoms with Gasteiger partial charge >= 0.3 is 5.97 Å². The van der Waals surface area contributed by atoms with E-state index in [9.17, 15) is 4.79 Å². The zero-order chi connectivity index (χ0) is 13.5. The maximum atomic E-state index is 11.5. The van der Waals surface area contributed by atoms with Gasteiger partial charge in [0.2, 0.25) is 0 Å². The normalized spacial score (nSPS) is 11.0. The molecule has 0 spiro atoms. The highest BCUT2D eigenvalue weighted by atomic mass is 32.2. The van der Waals surface area contributed by atoms with Crippen molar-refractivity contribution in [1.82, 2.24) is 0 Å². The summed E-state index contributed by atoms with van der Waals surface area (Å²) >= 11 is 1.66. The van der Waals surface area contributed by atoms with Crippen LogP contribution in [0.15, 0.2) is 48.5 Å². The summed E-state index contributed by atoms with van der Waals surface area (Å²) in [5, 5.41) is 2.30. The molecule has 2 aromatic carbocycles. The van der Waals surface area contributed by atoms with Crippen molar-refractivity contribution >= 4 is 34.6 Å². The Labute approximate surface area is 117 Å². The minimum Gasteiger partial charge on any atom is -0.462 e. The van der Waals surface area contributed by atoms with Gasteiger partial charge in [-0.2, -0.15) is 11.8 Å². The standard InChI is InChI=1S/C16H16O2S/c1-19-12-11-18-16(17)10-9-14-7-4-6-13-5-2-3-8-15(13)14/h2-10H,11-12H2,1H3/b10-9+. The average Bonchev–Trinajstić information content (AvgIpc) is 2.45. The second-order valence-electron chi connectivity index (χ2n) is 4.06. The molecule has 3 heteroatoms. The molecule has 0 saturated carbocycles. The first kappa shape index (κ1) is 13.7. The summed E-state index contributed by atoms with van der Waals surface area (Å²) in [7, 11) is 0. The summed E-state index contributed by atoms with van der Waals surface area (Å²) in [6.07, 6.45) is 5.28. The van der Waals surface area contributed by atoms with E-state index >= 15 is 0 Å². The lowest BCUT2D eigenvalue weighted by atomic mass is 10.0. The third-order valence-electron chi connectivity index (χ3n) is 2.75. The number of carbonyl (C=O) groups is 1. The van der Waals surface area contributed by atoms with Gasteiger partial charge in [0.25, 0.3) is 0 Å². The van der Waals surface area contributed by atoms with Crippen LogP contribution in [0.4, 0.5) is 0 Å². The molecule has 0 saturated heterocycles. The SMILES string of the molecule is CSCCOC(=O)/C=C/c1cccc2ccccc12. The van der Waals surface area contributed by atoms with Crippen LogP contribution in [0, 0.1) is 0 Å². The van der Waals surface area contributed by atoms with Crippen molar-refractivity contribution in [3.8, 4) is 0 Å². The Morgan fingerprint density at radius 1 is 1.21 bits per heavy atom. The summed E-state index contributed by atoms with van der Waals surface area (Å²) < 4.78 is 5.07. The molecule has 0 radical (unpaired) electrons. The molecular weight excluding hydrogens is 256 g/mol. The quantitative estimate of drug-likeness (QED) is 0.471. The fraction of sp³-hybridized carbons (Fsp3) is 0.188. The minimum atomic E-state index is -0.290. The second kappa shape index (κ2) is 7.00. The van der Waals surface area contributed by atoms with Crippen molar-refractivity contribution in [3.63, 3.8) is 0 Å². The van der Waals surface area contributed by atoms with Crippen LogP contribution in [0.1, 0.15) is 5.56 Å². The van der Waals surface area contributed by atoms with Crippen LogP contribution in [0.3, 0.4) is 0 Å². The van der Waals surface area contributed by atoms with Gasteiger partial charge < -0.3 is 4.74 Å². The van der Waals surface area contributed by atoms with E-state index in [2.05, 4.69) is 12.1 Å². The van der Waals surface area contributed by atoms with Crippen LogP contribution >= 0.6 is 11.8 Å². The molecule has 0 fully saturated rings. The van der Waals surface area contributed by atoms with Gasteiger partial charge in [0, 0.05) is 11.8 Å². The van der Waals surface area contributed by atoms with Crippen LogP contribution in [0.2, 0.25) is 0 Å². The Bertz CT molecular complexity index is 585. The summed E-state index contributed by atoms with van der Waals surface area (Å²) in [5.74, 6) is 0.537. The van der Waals surface area contributed by atoms with E-state index in [1.807, 2.05) is 42.7 Å². The van der Waals surface area contributed by atoms with Gasteiger partial charge in [0.15, 0.2) is 0 Å². The Morgan fingerprint density at radius 3 is 2.84 bits per heavy atom. The van der Waals surface area contributed by atoms with Crippen LogP contribution in [0.25, 0.3) is 16.8 Å². The smallest absolute Gasteiger partial charge is 0.330 e. The van der Waals surface area contributed by atoms with Crippen molar-refractivity contribution in [2.45, 2.75) is 0 Å². The lowest BCUT2D eigenvalue weighted by molar-refractivity contribution is -0.137. The molecule has 2 rings (SSSR count).